The molecule has 2 aromatic rings. The predicted molar refractivity (Wildman–Crippen MR) is 83.3 cm³/mol. The van der Waals surface area contributed by atoms with Gasteiger partial charge in [0.15, 0.2) is 5.78 Å². The summed E-state index contributed by atoms with van der Waals surface area (Å²) < 4.78 is 38.4. The second kappa shape index (κ2) is 7.42. The van der Waals surface area contributed by atoms with Gasteiger partial charge in [0.2, 0.25) is 0 Å². The lowest BCUT2D eigenvalue weighted by molar-refractivity contribution is -0.137. The SMILES string of the molecule is NCCCC(=O)c1ccccc1Cc1cccc(C(F)(F)F)c1. The average Bonchev–Trinajstić information content (AvgIpc) is 2.52. The van der Waals surface area contributed by atoms with E-state index in [9.17, 15) is 18.0 Å². The fourth-order valence-electron chi connectivity index (χ4n) is 2.42. The number of hydrogen-bond acceptors (Lipinski definition) is 2. The van der Waals surface area contributed by atoms with Crippen molar-refractivity contribution in [1.82, 2.24) is 0 Å². The summed E-state index contributed by atoms with van der Waals surface area (Å²) in [4.78, 5) is 12.2. The molecule has 0 aliphatic rings. The maximum atomic E-state index is 12.8. The minimum atomic E-state index is -4.37. The Balaban J connectivity index is 2.25. The van der Waals surface area contributed by atoms with E-state index in [-0.39, 0.29) is 12.2 Å². The maximum absolute atomic E-state index is 12.8. The number of Topliss-reactive ketones (excluding diaryl/α,β-unsaturated/α-hetero) is 1. The molecule has 0 aliphatic heterocycles. The molecule has 0 aromatic heterocycles. The maximum Gasteiger partial charge on any atom is 0.416 e. The van der Waals surface area contributed by atoms with Gasteiger partial charge < -0.3 is 5.73 Å². The van der Waals surface area contributed by atoms with E-state index in [4.69, 9.17) is 5.73 Å². The van der Waals surface area contributed by atoms with Gasteiger partial charge in [0.25, 0.3) is 0 Å². The molecule has 0 saturated carbocycles. The molecular weight excluding hydrogens is 303 g/mol. The predicted octanol–water partition coefficient (Wildman–Crippen LogP) is 4.22. The standard InChI is InChI=1S/C18H18F3NO/c19-18(20,21)15-7-3-5-13(12-15)11-14-6-1-2-8-16(14)17(23)9-4-10-22/h1-3,5-8,12H,4,9-11,22H2. The van der Waals surface area contributed by atoms with Gasteiger partial charge in [-0.05, 0) is 36.6 Å². The Bertz CT molecular complexity index is 680. The summed E-state index contributed by atoms with van der Waals surface area (Å²) in [5.41, 5.74) is 6.55. The molecule has 0 spiro atoms. The highest BCUT2D eigenvalue weighted by Gasteiger charge is 2.30. The first-order chi connectivity index (χ1) is 10.9. The lowest BCUT2D eigenvalue weighted by Gasteiger charge is -2.11. The van der Waals surface area contributed by atoms with Crippen LogP contribution in [0.1, 0.15) is 39.9 Å². The molecule has 0 bridgehead atoms. The summed E-state index contributed by atoms with van der Waals surface area (Å²) in [6, 6.07) is 12.2. The molecule has 122 valence electrons. The van der Waals surface area contributed by atoms with Gasteiger partial charge >= 0.3 is 6.18 Å². The molecule has 0 fully saturated rings. The third-order valence-corrected chi connectivity index (χ3v) is 3.57. The Labute approximate surface area is 133 Å². The fraction of sp³-hybridized carbons (Fsp3) is 0.278. The first-order valence-corrected chi connectivity index (χ1v) is 7.39. The van der Waals surface area contributed by atoms with E-state index in [2.05, 4.69) is 0 Å². The Hall–Kier alpha value is -2.14. The zero-order chi connectivity index (χ0) is 16.9. The summed E-state index contributed by atoms with van der Waals surface area (Å²) in [5, 5.41) is 0. The third kappa shape index (κ3) is 4.66. The smallest absolute Gasteiger partial charge is 0.330 e. The van der Waals surface area contributed by atoms with Crippen LogP contribution in [0.25, 0.3) is 0 Å². The number of nitrogens with two attached hydrogens (primary N) is 1. The van der Waals surface area contributed by atoms with E-state index in [0.29, 0.717) is 30.5 Å². The lowest BCUT2D eigenvalue weighted by atomic mass is 9.95. The van der Waals surface area contributed by atoms with Gasteiger partial charge in [-0.25, -0.2) is 0 Å². The highest BCUT2D eigenvalue weighted by molar-refractivity contribution is 5.97. The van der Waals surface area contributed by atoms with Crippen LogP contribution in [0.2, 0.25) is 0 Å². The zero-order valence-corrected chi connectivity index (χ0v) is 12.6. The third-order valence-electron chi connectivity index (χ3n) is 3.57. The largest absolute Gasteiger partial charge is 0.416 e. The molecule has 0 heterocycles. The molecule has 0 aliphatic carbocycles. The van der Waals surface area contributed by atoms with Crippen LogP contribution in [0.15, 0.2) is 48.5 Å². The number of halogens is 3. The van der Waals surface area contributed by atoms with Crippen molar-refractivity contribution in [3.63, 3.8) is 0 Å². The number of alkyl halides is 3. The van der Waals surface area contributed by atoms with Crippen molar-refractivity contribution in [2.75, 3.05) is 6.54 Å². The van der Waals surface area contributed by atoms with Crippen LogP contribution in [-0.2, 0) is 12.6 Å². The summed E-state index contributed by atoms with van der Waals surface area (Å²) in [5.74, 6) is -0.0296. The topological polar surface area (TPSA) is 43.1 Å². The zero-order valence-electron chi connectivity index (χ0n) is 12.6. The Morgan fingerprint density at radius 3 is 2.48 bits per heavy atom. The van der Waals surface area contributed by atoms with Crippen LogP contribution in [0.3, 0.4) is 0 Å². The second-order valence-corrected chi connectivity index (χ2v) is 5.35. The Morgan fingerprint density at radius 2 is 1.78 bits per heavy atom. The van der Waals surface area contributed by atoms with E-state index in [1.54, 1.807) is 30.3 Å². The van der Waals surface area contributed by atoms with Crippen LogP contribution >= 0.6 is 0 Å². The first kappa shape index (κ1) is 17.2. The van der Waals surface area contributed by atoms with Crippen LogP contribution < -0.4 is 5.73 Å². The van der Waals surface area contributed by atoms with Gasteiger partial charge in [-0.1, -0.05) is 42.5 Å². The quantitative estimate of drug-likeness (QED) is 0.810. The molecule has 5 heteroatoms. The number of benzene rings is 2. The number of hydrogen-bond donors (Lipinski definition) is 1. The highest BCUT2D eigenvalue weighted by atomic mass is 19.4. The van der Waals surface area contributed by atoms with E-state index >= 15 is 0 Å². The fourth-order valence-corrected chi connectivity index (χ4v) is 2.42. The van der Waals surface area contributed by atoms with Gasteiger partial charge in [0.05, 0.1) is 5.56 Å². The van der Waals surface area contributed by atoms with Crippen LogP contribution in [0.4, 0.5) is 13.2 Å². The van der Waals surface area contributed by atoms with Gasteiger partial charge in [-0.15, -0.1) is 0 Å². The molecule has 0 saturated heterocycles. The van der Waals surface area contributed by atoms with E-state index < -0.39 is 11.7 Å². The van der Waals surface area contributed by atoms with E-state index in [0.717, 1.165) is 17.7 Å². The Morgan fingerprint density at radius 1 is 1.04 bits per heavy atom. The van der Waals surface area contributed by atoms with Crippen molar-refractivity contribution in [3.8, 4) is 0 Å². The van der Waals surface area contributed by atoms with Crippen molar-refractivity contribution in [1.29, 1.82) is 0 Å². The minimum absolute atomic E-state index is 0.0296. The second-order valence-electron chi connectivity index (χ2n) is 5.35. The molecule has 2 rings (SSSR count). The molecule has 0 atom stereocenters. The Kier molecular flexibility index (Phi) is 5.55. The van der Waals surface area contributed by atoms with Gasteiger partial charge in [-0.3, -0.25) is 4.79 Å². The molecular formula is C18H18F3NO. The van der Waals surface area contributed by atoms with E-state index in [1.165, 1.54) is 6.07 Å². The molecule has 2 nitrogen and oxygen atoms in total. The van der Waals surface area contributed by atoms with Crippen molar-refractivity contribution >= 4 is 5.78 Å². The van der Waals surface area contributed by atoms with Gasteiger partial charge in [0.1, 0.15) is 0 Å². The molecule has 23 heavy (non-hydrogen) atoms. The molecule has 0 unspecified atom stereocenters. The number of ketones is 1. The van der Waals surface area contributed by atoms with Crippen LogP contribution in [0.5, 0.6) is 0 Å². The van der Waals surface area contributed by atoms with Crippen molar-refractivity contribution in [2.24, 2.45) is 5.73 Å². The number of rotatable bonds is 6. The van der Waals surface area contributed by atoms with Crippen molar-refractivity contribution in [2.45, 2.75) is 25.4 Å². The minimum Gasteiger partial charge on any atom is -0.330 e. The lowest BCUT2D eigenvalue weighted by Crippen LogP contribution is -2.08. The summed E-state index contributed by atoms with van der Waals surface area (Å²) >= 11 is 0. The normalized spacial score (nSPS) is 11.5. The van der Waals surface area contributed by atoms with Gasteiger partial charge in [-0.2, -0.15) is 13.2 Å². The van der Waals surface area contributed by atoms with E-state index in [1.807, 2.05) is 0 Å². The summed E-state index contributed by atoms with van der Waals surface area (Å²) in [7, 11) is 0. The summed E-state index contributed by atoms with van der Waals surface area (Å²) in [6.07, 6.45) is -3.15. The van der Waals surface area contributed by atoms with Gasteiger partial charge in [0, 0.05) is 12.0 Å². The van der Waals surface area contributed by atoms with Crippen molar-refractivity contribution in [3.05, 3.63) is 70.8 Å². The number of carbonyl (C=O) groups is 1. The van der Waals surface area contributed by atoms with Crippen LogP contribution in [-0.4, -0.2) is 12.3 Å². The molecule has 2 N–H and O–H groups in total. The van der Waals surface area contributed by atoms with Crippen LogP contribution in [0, 0.1) is 0 Å². The van der Waals surface area contributed by atoms with Crippen molar-refractivity contribution < 1.29 is 18.0 Å². The highest BCUT2D eigenvalue weighted by Crippen LogP contribution is 2.30. The summed E-state index contributed by atoms with van der Waals surface area (Å²) in [6.45, 7) is 0.432. The monoisotopic (exact) mass is 321 g/mol. The molecule has 0 radical (unpaired) electrons. The average molecular weight is 321 g/mol. The first-order valence-electron chi connectivity index (χ1n) is 7.39. The molecule has 0 amide bonds. The number of carbonyl (C=O) groups excluding carboxylic acids is 1. The molecule has 2 aromatic carbocycles.